The van der Waals surface area contributed by atoms with Gasteiger partial charge < -0.3 is 29.8 Å². The molecule has 1 aromatic rings. The predicted octanol–water partition coefficient (Wildman–Crippen LogP) is 0.334. The summed E-state index contributed by atoms with van der Waals surface area (Å²) in [4.78, 5) is 0. The molecule has 2 aliphatic heterocycles. The van der Waals surface area contributed by atoms with Gasteiger partial charge in [0.05, 0.1) is 12.6 Å². The number of nitrogens with two attached hydrogens (primary N) is 1. The molecule has 3 rings (SSSR count). The van der Waals surface area contributed by atoms with Crippen molar-refractivity contribution in [1.82, 2.24) is 0 Å². The fraction of sp³-hybridized carbons (Fsp3) is 0.600. The molecule has 0 radical (unpaired) electrons. The Hall–Kier alpha value is -1.02. The maximum absolute atomic E-state index is 10.4. The number of benzene rings is 1. The van der Waals surface area contributed by atoms with Crippen LogP contribution in [-0.2, 0) is 24.7 Å². The predicted molar refractivity (Wildman–Crippen MR) is 74.3 cm³/mol. The Labute approximate surface area is 123 Å². The molecule has 3 N–H and O–H groups in total. The summed E-state index contributed by atoms with van der Waals surface area (Å²) in [5.74, 6) is -0.924. The molecule has 0 aliphatic carbocycles. The molecule has 116 valence electrons. The van der Waals surface area contributed by atoms with Gasteiger partial charge in [0.2, 0.25) is 0 Å². The van der Waals surface area contributed by atoms with E-state index in [0.29, 0.717) is 6.61 Å². The molecule has 0 bridgehead atoms. The first kappa shape index (κ1) is 14.9. The Kier molecular flexibility index (Phi) is 4.00. The minimum absolute atomic E-state index is 0.305. The van der Waals surface area contributed by atoms with Crippen molar-refractivity contribution in [3.63, 3.8) is 0 Å². The molecule has 6 unspecified atom stereocenters. The Morgan fingerprint density at radius 2 is 2.05 bits per heavy atom. The number of methoxy groups -OCH3 is 1. The molecular formula is C15H21NO5. The molecule has 6 nitrogen and oxygen atoms in total. The smallest absolute Gasteiger partial charge is 0.192 e. The summed E-state index contributed by atoms with van der Waals surface area (Å²) in [6.45, 7) is 2.14. The average molecular weight is 295 g/mol. The zero-order valence-electron chi connectivity index (χ0n) is 12.1. The van der Waals surface area contributed by atoms with E-state index in [0.717, 1.165) is 5.56 Å². The van der Waals surface area contributed by atoms with Crippen LogP contribution < -0.4 is 5.73 Å². The summed E-state index contributed by atoms with van der Waals surface area (Å²) in [6.07, 6.45) is -2.48. The normalized spacial score (nSPS) is 43.3. The number of aliphatic hydroxyl groups is 1. The highest BCUT2D eigenvalue weighted by Crippen LogP contribution is 2.37. The summed E-state index contributed by atoms with van der Waals surface area (Å²) in [5, 5.41) is 10.4. The molecule has 0 saturated carbocycles. The van der Waals surface area contributed by atoms with Gasteiger partial charge in [-0.3, -0.25) is 0 Å². The molecule has 0 amide bonds. The van der Waals surface area contributed by atoms with E-state index in [-0.39, 0.29) is 0 Å². The lowest BCUT2D eigenvalue weighted by molar-refractivity contribution is -0.376. The lowest BCUT2D eigenvalue weighted by Crippen LogP contribution is -2.66. The van der Waals surface area contributed by atoms with Crippen LogP contribution in [0.4, 0.5) is 0 Å². The van der Waals surface area contributed by atoms with Crippen molar-refractivity contribution < 1.29 is 24.1 Å². The van der Waals surface area contributed by atoms with E-state index in [9.17, 15) is 5.11 Å². The van der Waals surface area contributed by atoms with E-state index in [4.69, 9.17) is 24.7 Å². The van der Waals surface area contributed by atoms with Crippen molar-refractivity contribution in [2.24, 2.45) is 5.73 Å². The van der Waals surface area contributed by atoms with E-state index in [2.05, 4.69) is 0 Å². The van der Waals surface area contributed by atoms with Crippen molar-refractivity contribution in [2.45, 2.75) is 43.4 Å². The summed E-state index contributed by atoms with van der Waals surface area (Å²) >= 11 is 0. The van der Waals surface area contributed by atoms with Crippen molar-refractivity contribution in [3.8, 4) is 0 Å². The van der Waals surface area contributed by atoms with Gasteiger partial charge in [-0.15, -0.1) is 0 Å². The Balaban J connectivity index is 1.82. The molecule has 2 saturated heterocycles. The molecule has 0 aromatic heterocycles. The molecular weight excluding hydrogens is 274 g/mol. The van der Waals surface area contributed by atoms with Gasteiger partial charge in [0.25, 0.3) is 0 Å². The summed E-state index contributed by atoms with van der Waals surface area (Å²) < 4.78 is 22.7. The quantitative estimate of drug-likeness (QED) is 0.818. The minimum Gasteiger partial charge on any atom is -0.388 e. The molecule has 6 atom stereocenters. The topological polar surface area (TPSA) is 83.2 Å². The average Bonchev–Trinajstić information content (AvgIpc) is 2.52. The van der Waals surface area contributed by atoms with Gasteiger partial charge in [0.1, 0.15) is 18.3 Å². The van der Waals surface area contributed by atoms with Crippen LogP contribution in [0.15, 0.2) is 30.3 Å². The SMILES string of the molecule is COC1OC2COC(C)(c3ccccc3)OC2C(O)C1N. The van der Waals surface area contributed by atoms with Crippen LogP contribution in [0, 0.1) is 0 Å². The molecule has 6 heteroatoms. The molecule has 2 fully saturated rings. The summed E-state index contributed by atoms with van der Waals surface area (Å²) in [7, 11) is 1.50. The van der Waals surface area contributed by atoms with Gasteiger partial charge in [-0.2, -0.15) is 0 Å². The summed E-state index contributed by atoms with van der Waals surface area (Å²) in [5.41, 5.74) is 6.83. The molecule has 0 spiro atoms. The Morgan fingerprint density at radius 3 is 2.71 bits per heavy atom. The van der Waals surface area contributed by atoms with Gasteiger partial charge in [0.15, 0.2) is 12.1 Å². The first-order valence-electron chi connectivity index (χ1n) is 7.04. The van der Waals surface area contributed by atoms with Gasteiger partial charge in [0, 0.05) is 12.7 Å². The third-order valence-electron chi connectivity index (χ3n) is 4.14. The van der Waals surface area contributed by atoms with Crippen LogP contribution in [0.25, 0.3) is 0 Å². The van der Waals surface area contributed by atoms with Crippen LogP contribution >= 0.6 is 0 Å². The minimum atomic E-state index is -0.924. The second-order valence-electron chi connectivity index (χ2n) is 5.55. The first-order valence-corrected chi connectivity index (χ1v) is 7.04. The van der Waals surface area contributed by atoms with E-state index in [1.165, 1.54) is 7.11 Å². The van der Waals surface area contributed by atoms with Crippen LogP contribution in [0.5, 0.6) is 0 Å². The van der Waals surface area contributed by atoms with Crippen molar-refractivity contribution in [3.05, 3.63) is 35.9 Å². The summed E-state index contributed by atoms with van der Waals surface area (Å²) in [6, 6.07) is 8.95. The second kappa shape index (κ2) is 5.64. The van der Waals surface area contributed by atoms with Gasteiger partial charge in [-0.25, -0.2) is 0 Å². The fourth-order valence-corrected chi connectivity index (χ4v) is 2.86. The first-order chi connectivity index (χ1) is 10.0. The maximum Gasteiger partial charge on any atom is 0.192 e. The maximum atomic E-state index is 10.4. The fourth-order valence-electron chi connectivity index (χ4n) is 2.86. The van der Waals surface area contributed by atoms with Crippen molar-refractivity contribution in [2.75, 3.05) is 13.7 Å². The van der Waals surface area contributed by atoms with Crippen molar-refractivity contribution in [1.29, 1.82) is 0 Å². The van der Waals surface area contributed by atoms with Crippen LogP contribution in [0.3, 0.4) is 0 Å². The van der Waals surface area contributed by atoms with E-state index in [1.807, 2.05) is 37.3 Å². The number of hydrogen-bond acceptors (Lipinski definition) is 6. The Bertz CT molecular complexity index is 482. The highest BCUT2D eigenvalue weighted by Gasteiger charge is 2.51. The van der Waals surface area contributed by atoms with E-state index < -0.39 is 36.4 Å². The molecule has 21 heavy (non-hydrogen) atoms. The van der Waals surface area contributed by atoms with Crippen LogP contribution in [-0.4, -0.2) is 49.5 Å². The molecule has 2 heterocycles. The largest absolute Gasteiger partial charge is 0.388 e. The second-order valence-corrected chi connectivity index (χ2v) is 5.55. The standard InChI is InChI=1S/C15H21NO5/c1-15(9-6-4-3-5-7-9)19-8-10-13(21-15)12(17)11(16)14(18-2)20-10/h3-7,10-14,17H,8,16H2,1-2H3. The number of rotatable bonds is 2. The van der Waals surface area contributed by atoms with E-state index >= 15 is 0 Å². The zero-order valence-corrected chi connectivity index (χ0v) is 12.1. The monoisotopic (exact) mass is 295 g/mol. The third kappa shape index (κ3) is 2.59. The highest BCUT2D eigenvalue weighted by atomic mass is 16.8. The van der Waals surface area contributed by atoms with Gasteiger partial charge in [-0.1, -0.05) is 30.3 Å². The van der Waals surface area contributed by atoms with Gasteiger partial charge >= 0.3 is 0 Å². The van der Waals surface area contributed by atoms with Crippen LogP contribution in [0.2, 0.25) is 0 Å². The number of fused-ring (bicyclic) bond motifs is 1. The van der Waals surface area contributed by atoms with E-state index in [1.54, 1.807) is 0 Å². The number of hydrogen-bond donors (Lipinski definition) is 2. The Morgan fingerprint density at radius 1 is 1.33 bits per heavy atom. The lowest BCUT2D eigenvalue weighted by atomic mass is 9.95. The third-order valence-corrected chi connectivity index (χ3v) is 4.14. The number of ether oxygens (including phenoxy) is 4. The zero-order chi connectivity index (χ0) is 15.0. The van der Waals surface area contributed by atoms with Crippen LogP contribution in [0.1, 0.15) is 12.5 Å². The van der Waals surface area contributed by atoms with Gasteiger partial charge in [-0.05, 0) is 6.92 Å². The number of aliphatic hydroxyl groups excluding tert-OH is 1. The molecule has 2 aliphatic rings. The molecule has 1 aromatic carbocycles. The highest BCUT2D eigenvalue weighted by molar-refractivity contribution is 5.20. The van der Waals surface area contributed by atoms with Crippen molar-refractivity contribution >= 4 is 0 Å². The lowest BCUT2D eigenvalue weighted by Gasteiger charge is -2.49.